The highest BCUT2D eigenvalue weighted by Gasteiger charge is 2.43. The van der Waals surface area contributed by atoms with Crippen molar-refractivity contribution >= 4 is 11.9 Å². The van der Waals surface area contributed by atoms with Crippen LogP contribution in [0.1, 0.15) is 36.2 Å². The minimum atomic E-state index is -1.16. The molecule has 4 N–H and O–H groups in total. The number of carboxylic acid groups (broad SMARTS) is 1. The number of aromatic nitrogens is 3. The Kier molecular flexibility index (Phi) is 3.79. The average molecular weight is 267 g/mol. The summed E-state index contributed by atoms with van der Waals surface area (Å²) in [5, 5.41) is 19.3. The molecule has 1 aliphatic rings. The molecule has 0 atom stereocenters. The predicted octanol–water partition coefficient (Wildman–Crippen LogP) is -0.636. The topological polar surface area (TPSA) is 123 Å². The SMILES string of the molecule is NCCn1cc(C(=O)NC2(C(=O)O)CCCC2)nn1. The van der Waals surface area contributed by atoms with E-state index in [-0.39, 0.29) is 5.69 Å². The summed E-state index contributed by atoms with van der Waals surface area (Å²) in [6, 6.07) is 0. The smallest absolute Gasteiger partial charge is 0.329 e. The van der Waals surface area contributed by atoms with Gasteiger partial charge < -0.3 is 16.2 Å². The van der Waals surface area contributed by atoms with Gasteiger partial charge in [0.05, 0.1) is 12.7 Å². The molecular weight excluding hydrogens is 250 g/mol. The lowest BCUT2D eigenvalue weighted by atomic mass is 9.98. The third-order valence-electron chi connectivity index (χ3n) is 3.35. The van der Waals surface area contributed by atoms with E-state index in [1.54, 1.807) is 0 Å². The maximum absolute atomic E-state index is 12.0. The molecule has 1 aromatic heterocycles. The Morgan fingerprint density at radius 3 is 2.74 bits per heavy atom. The van der Waals surface area contributed by atoms with Gasteiger partial charge in [-0.3, -0.25) is 9.48 Å². The van der Waals surface area contributed by atoms with Gasteiger partial charge in [0.2, 0.25) is 0 Å². The van der Waals surface area contributed by atoms with E-state index >= 15 is 0 Å². The van der Waals surface area contributed by atoms with Crippen LogP contribution < -0.4 is 11.1 Å². The number of nitrogens with zero attached hydrogens (tertiary/aromatic N) is 3. The van der Waals surface area contributed by atoms with Crippen molar-refractivity contribution in [3.63, 3.8) is 0 Å². The van der Waals surface area contributed by atoms with Crippen LogP contribution >= 0.6 is 0 Å². The maximum Gasteiger partial charge on any atom is 0.329 e. The fraction of sp³-hybridized carbons (Fsp3) is 0.636. The highest BCUT2D eigenvalue weighted by molar-refractivity contribution is 5.96. The Hall–Kier alpha value is -1.96. The summed E-state index contributed by atoms with van der Waals surface area (Å²) in [5.74, 6) is -1.50. The molecule has 0 bridgehead atoms. The average Bonchev–Trinajstić information content (AvgIpc) is 2.99. The molecule has 1 aliphatic carbocycles. The predicted molar refractivity (Wildman–Crippen MR) is 65.4 cm³/mol. The molecule has 0 unspecified atom stereocenters. The van der Waals surface area contributed by atoms with Gasteiger partial charge in [-0.15, -0.1) is 5.10 Å². The summed E-state index contributed by atoms with van der Waals surface area (Å²) < 4.78 is 1.46. The first-order valence-corrected chi connectivity index (χ1v) is 6.23. The van der Waals surface area contributed by atoms with Crippen LogP contribution in [0, 0.1) is 0 Å². The van der Waals surface area contributed by atoms with Gasteiger partial charge in [-0.2, -0.15) is 0 Å². The zero-order valence-corrected chi connectivity index (χ0v) is 10.5. The first-order chi connectivity index (χ1) is 9.07. The van der Waals surface area contributed by atoms with Crippen LogP contribution in [0.3, 0.4) is 0 Å². The van der Waals surface area contributed by atoms with Gasteiger partial charge in [0, 0.05) is 6.54 Å². The summed E-state index contributed by atoms with van der Waals surface area (Å²) in [5.41, 5.74) is 4.33. The van der Waals surface area contributed by atoms with Crippen LogP contribution in [0.5, 0.6) is 0 Å². The van der Waals surface area contributed by atoms with E-state index in [1.807, 2.05) is 0 Å². The molecular formula is C11H17N5O3. The second kappa shape index (κ2) is 5.35. The number of carbonyl (C=O) groups excluding carboxylic acids is 1. The van der Waals surface area contributed by atoms with Crippen LogP contribution in [-0.4, -0.2) is 44.1 Å². The Labute approximate surface area is 110 Å². The minimum Gasteiger partial charge on any atom is -0.480 e. The van der Waals surface area contributed by atoms with Gasteiger partial charge >= 0.3 is 5.97 Å². The quantitative estimate of drug-likeness (QED) is 0.652. The molecule has 0 radical (unpaired) electrons. The Morgan fingerprint density at radius 2 is 2.16 bits per heavy atom. The van der Waals surface area contributed by atoms with E-state index in [0.717, 1.165) is 12.8 Å². The van der Waals surface area contributed by atoms with Gasteiger partial charge in [-0.25, -0.2) is 4.79 Å². The molecule has 0 aliphatic heterocycles. The second-order valence-electron chi connectivity index (χ2n) is 4.70. The highest BCUT2D eigenvalue weighted by Crippen LogP contribution is 2.30. The largest absolute Gasteiger partial charge is 0.480 e. The Balaban J connectivity index is 2.08. The van der Waals surface area contributed by atoms with E-state index in [1.165, 1.54) is 10.9 Å². The van der Waals surface area contributed by atoms with Crippen molar-refractivity contribution in [1.82, 2.24) is 20.3 Å². The summed E-state index contributed by atoms with van der Waals surface area (Å²) in [4.78, 5) is 23.3. The number of nitrogens with one attached hydrogen (secondary N) is 1. The molecule has 1 aromatic rings. The summed E-state index contributed by atoms with van der Waals surface area (Å²) in [6.07, 6.45) is 3.96. The zero-order valence-electron chi connectivity index (χ0n) is 10.5. The van der Waals surface area contributed by atoms with Crippen LogP contribution in [-0.2, 0) is 11.3 Å². The van der Waals surface area contributed by atoms with E-state index in [4.69, 9.17) is 5.73 Å². The molecule has 8 heteroatoms. The molecule has 2 rings (SSSR count). The first kappa shape index (κ1) is 13.5. The zero-order chi connectivity index (χ0) is 13.9. The minimum absolute atomic E-state index is 0.112. The summed E-state index contributed by atoms with van der Waals surface area (Å²) in [7, 11) is 0. The lowest BCUT2D eigenvalue weighted by Gasteiger charge is -2.24. The van der Waals surface area contributed by atoms with Crippen LogP contribution in [0.2, 0.25) is 0 Å². The Morgan fingerprint density at radius 1 is 1.47 bits per heavy atom. The lowest BCUT2D eigenvalue weighted by molar-refractivity contribution is -0.144. The van der Waals surface area contributed by atoms with Gasteiger partial charge in [0.15, 0.2) is 5.69 Å². The number of rotatable bonds is 5. The van der Waals surface area contributed by atoms with Crippen LogP contribution in [0.15, 0.2) is 6.20 Å². The molecule has 0 spiro atoms. The van der Waals surface area contributed by atoms with Gasteiger partial charge in [0.25, 0.3) is 5.91 Å². The molecule has 19 heavy (non-hydrogen) atoms. The number of nitrogens with two attached hydrogens (primary N) is 1. The van der Waals surface area contributed by atoms with Crippen molar-refractivity contribution in [1.29, 1.82) is 0 Å². The van der Waals surface area contributed by atoms with Crippen LogP contribution in [0.25, 0.3) is 0 Å². The molecule has 8 nitrogen and oxygen atoms in total. The maximum atomic E-state index is 12.0. The van der Waals surface area contributed by atoms with Crippen molar-refractivity contribution in [2.24, 2.45) is 5.73 Å². The van der Waals surface area contributed by atoms with Gasteiger partial charge in [-0.05, 0) is 12.8 Å². The number of hydrogen-bond acceptors (Lipinski definition) is 5. The molecule has 1 amide bonds. The number of hydrogen-bond donors (Lipinski definition) is 3. The molecule has 0 aromatic carbocycles. The van der Waals surface area contributed by atoms with E-state index < -0.39 is 17.4 Å². The van der Waals surface area contributed by atoms with Crippen molar-refractivity contribution in [2.45, 2.75) is 37.8 Å². The number of aliphatic carboxylic acids is 1. The van der Waals surface area contributed by atoms with Crippen LogP contribution in [0.4, 0.5) is 0 Å². The number of carbonyl (C=O) groups is 2. The monoisotopic (exact) mass is 267 g/mol. The molecule has 1 saturated carbocycles. The highest BCUT2D eigenvalue weighted by atomic mass is 16.4. The lowest BCUT2D eigenvalue weighted by Crippen LogP contribution is -2.52. The van der Waals surface area contributed by atoms with Crippen molar-refractivity contribution in [2.75, 3.05) is 6.54 Å². The van der Waals surface area contributed by atoms with Crippen molar-refractivity contribution in [3.8, 4) is 0 Å². The number of carboxylic acids is 1. The molecule has 0 saturated heterocycles. The van der Waals surface area contributed by atoms with Crippen molar-refractivity contribution in [3.05, 3.63) is 11.9 Å². The molecule has 104 valence electrons. The van der Waals surface area contributed by atoms with E-state index in [9.17, 15) is 14.7 Å². The molecule has 1 heterocycles. The standard InChI is InChI=1S/C11H17N5O3/c12-5-6-16-7-8(14-15-16)9(17)13-11(10(18)19)3-1-2-4-11/h7H,1-6,12H2,(H,13,17)(H,18,19). The third-order valence-corrected chi connectivity index (χ3v) is 3.35. The summed E-state index contributed by atoms with van der Waals surface area (Å²) in [6.45, 7) is 0.855. The normalized spacial score (nSPS) is 17.3. The fourth-order valence-corrected chi connectivity index (χ4v) is 2.30. The fourth-order valence-electron chi connectivity index (χ4n) is 2.30. The molecule has 1 fully saturated rings. The Bertz CT molecular complexity index is 478. The second-order valence-corrected chi connectivity index (χ2v) is 4.70. The number of amides is 1. The van der Waals surface area contributed by atoms with E-state index in [0.29, 0.717) is 25.9 Å². The van der Waals surface area contributed by atoms with Gasteiger partial charge in [-0.1, -0.05) is 18.1 Å². The third kappa shape index (κ3) is 2.73. The summed E-state index contributed by atoms with van der Waals surface area (Å²) >= 11 is 0. The van der Waals surface area contributed by atoms with E-state index in [2.05, 4.69) is 15.6 Å². The van der Waals surface area contributed by atoms with Gasteiger partial charge in [0.1, 0.15) is 5.54 Å². The van der Waals surface area contributed by atoms with Crippen molar-refractivity contribution < 1.29 is 14.7 Å². The first-order valence-electron chi connectivity index (χ1n) is 6.23.